The van der Waals surface area contributed by atoms with E-state index in [0.29, 0.717) is 17.1 Å². The van der Waals surface area contributed by atoms with E-state index in [1.807, 2.05) is 12.1 Å². The van der Waals surface area contributed by atoms with Gasteiger partial charge in [-0.3, -0.25) is 0 Å². The number of oxime groups is 1. The summed E-state index contributed by atoms with van der Waals surface area (Å²) >= 11 is 7.93. The van der Waals surface area contributed by atoms with Crippen molar-refractivity contribution in [3.63, 3.8) is 0 Å². The predicted octanol–water partition coefficient (Wildman–Crippen LogP) is 3.35. The van der Waals surface area contributed by atoms with E-state index in [9.17, 15) is 0 Å². The molecule has 6 heteroatoms. The number of thiophene rings is 1. The van der Waals surface area contributed by atoms with Crippen LogP contribution in [0.4, 0.5) is 0 Å². The Hall–Kier alpha value is -1.56. The van der Waals surface area contributed by atoms with Crippen LogP contribution in [0.15, 0.2) is 40.9 Å². The molecule has 0 aliphatic heterocycles. The lowest BCUT2D eigenvalue weighted by molar-refractivity contribution is 0.318. The minimum Gasteiger partial charge on any atom is -0.409 e. The standard InChI is InChI=1S/C14H16ClN3OS/c1-9(13-3-2-6-20-13)17-8-11-5-4-10(7-12(11)15)14(16)18-19/h2-7,9,17,19H,8H2,1H3,(H2,16,18)/t9-/m0/s1. The molecule has 106 valence electrons. The lowest BCUT2D eigenvalue weighted by Gasteiger charge is -2.13. The maximum atomic E-state index is 8.64. The second kappa shape index (κ2) is 6.74. The van der Waals surface area contributed by atoms with Crippen molar-refractivity contribution in [2.45, 2.75) is 19.5 Å². The van der Waals surface area contributed by atoms with Gasteiger partial charge in [-0.1, -0.05) is 35.0 Å². The van der Waals surface area contributed by atoms with Crippen molar-refractivity contribution in [3.8, 4) is 0 Å². The van der Waals surface area contributed by atoms with Crippen LogP contribution in [-0.4, -0.2) is 11.0 Å². The second-order valence-corrected chi connectivity index (χ2v) is 5.80. The monoisotopic (exact) mass is 309 g/mol. The summed E-state index contributed by atoms with van der Waals surface area (Å²) in [7, 11) is 0. The quantitative estimate of drug-likeness (QED) is 0.343. The third-order valence-electron chi connectivity index (χ3n) is 3.03. The molecule has 20 heavy (non-hydrogen) atoms. The molecular weight excluding hydrogens is 294 g/mol. The van der Waals surface area contributed by atoms with Crippen LogP contribution in [0.25, 0.3) is 0 Å². The SMILES string of the molecule is C[C@H](NCc1ccc(/C(N)=N/O)cc1Cl)c1cccs1. The molecule has 1 aromatic carbocycles. The van der Waals surface area contributed by atoms with E-state index < -0.39 is 0 Å². The molecule has 4 nitrogen and oxygen atoms in total. The molecule has 1 aromatic heterocycles. The topological polar surface area (TPSA) is 70.6 Å². The molecule has 1 heterocycles. The molecule has 0 aliphatic rings. The molecule has 2 aromatic rings. The molecule has 0 saturated carbocycles. The van der Waals surface area contributed by atoms with Gasteiger partial charge in [-0.25, -0.2) is 0 Å². The number of hydrogen-bond acceptors (Lipinski definition) is 4. The van der Waals surface area contributed by atoms with E-state index in [0.717, 1.165) is 5.56 Å². The number of amidine groups is 1. The van der Waals surface area contributed by atoms with Gasteiger partial charge in [0, 0.05) is 28.0 Å². The van der Waals surface area contributed by atoms with Gasteiger partial charge in [-0.15, -0.1) is 11.3 Å². The molecule has 0 radical (unpaired) electrons. The number of rotatable bonds is 5. The Morgan fingerprint density at radius 3 is 2.90 bits per heavy atom. The highest BCUT2D eigenvalue weighted by molar-refractivity contribution is 7.10. The van der Waals surface area contributed by atoms with Crippen molar-refractivity contribution in [3.05, 3.63) is 56.7 Å². The zero-order chi connectivity index (χ0) is 14.5. The Bertz CT molecular complexity index is 598. The summed E-state index contributed by atoms with van der Waals surface area (Å²) in [6, 6.07) is 9.78. The van der Waals surface area contributed by atoms with Gasteiger partial charge >= 0.3 is 0 Å². The first-order chi connectivity index (χ1) is 9.61. The number of hydrogen-bond donors (Lipinski definition) is 3. The summed E-state index contributed by atoms with van der Waals surface area (Å²) in [5.74, 6) is 0.0540. The van der Waals surface area contributed by atoms with Gasteiger partial charge in [0.1, 0.15) is 0 Å². The van der Waals surface area contributed by atoms with Gasteiger partial charge in [-0.2, -0.15) is 0 Å². The first-order valence-corrected chi connectivity index (χ1v) is 7.40. The Morgan fingerprint density at radius 1 is 1.50 bits per heavy atom. The van der Waals surface area contributed by atoms with Crippen LogP contribution in [0, 0.1) is 0 Å². The van der Waals surface area contributed by atoms with Gasteiger partial charge in [0.05, 0.1) is 0 Å². The lowest BCUT2D eigenvalue weighted by Crippen LogP contribution is -2.18. The molecular formula is C14H16ClN3OS. The minimum absolute atomic E-state index is 0.0540. The molecule has 2 rings (SSSR count). The highest BCUT2D eigenvalue weighted by atomic mass is 35.5. The van der Waals surface area contributed by atoms with Crippen molar-refractivity contribution in [1.82, 2.24) is 5.32 Å². The fraction of sp³-hybridized carbons (Fsp3) is 0.214. The molecule has 0 saturated heterocycles. The Kier molecular flexibility index (Phi) is 5.00. The van der Waals surface area contributed by atoms with Crippen molar-refractivity contribution >= 4 is 28.8 Å². The Balaban J connectivity index is 2.03. The van der Waals surface area contributed by atoms with Gasteiger partial charge < -0.3 is 16.3 Å². The highest BCUT2D eigenvalue weighted by Crippen LogP contribution is 2.21. The summed E-state index contributed by atoms with van der Waals surface area (Å²) in [4.78, 5) is 1.29. The van der Waals surface area contributed by atoms with Gasteiger partial charge in [0.25, 0.3) is 0 Å². The molecule has 0 fully saturated rings. The second-order valence-electron chi connectivity index (χ2n) is 4.41. The van der Waals surface area contributed by atoms with Crippen LogP contribution in [0.5, 0.6) is 0 Å². The lowest BCUT2D eigenvalue weighted by atomic mass is 10.1. The van der Waals surface area contributed by atoms with Crippen molar-refractivity contribution in [1.29, 1.82) is 0 Å². The maximum absolute atomic E-state index is 8.64. The van der Waals surface area contributed by atoms with Crippen LogP contribution in [-0.2, 0) is 6.54 Å². The maximum Gasteiger partial charge on any atom is 0.170 e. The van der Waals surface area contributed by atoms with E-state index in [1.54, 1.807) is 23.5 Å². The normalized spacial score (nSPS) is 13.4. The predicted molar refractivity (Wildman–Crippen MR) is 83.5 cm³/mol. The van der Waals surface area contributed by atoms with Crippen molar-refractivity contribution in [2.24, 2.45) is 10.9 Å². The van der Waals surface area contributed by atoms with Crippen LogP contribution >= 0.6 is 22.9 Å². The van der Waals surface area contributed by atoms with Crippen LogP contribution in [0.1, 0.15) is 29.0 Å². The molecule has 1 atom stereocenters. The van der Waals surface area contributed by atoms with E-state index in [1.165, 1.54) is 4.88 Å². The average molecular weight is 310 g/mol. The number of nitrogens with one attached hydrogen (secondary N) is 1. The van der Waals surface area contributed by atoms with Crippen LogP contribution < -0.4 is 11.1 Å². The Labute approximate surface area is 126 Å². The summed E-state index contributed by atoms with van der Waals surface area (Å²) in [6.07, 6.45) is 0. The number of halogens is 1. The van der Waals surface area contributed by atoms with Gasteiger partial charge in [0.2, 0.25) is 0 Å². The van der Waals surface area contributed by atoms with Crippen molar-refractivity contribution in [2.75, 3.05) is 0 Å². The van der Waals surface area contributed by atoms with Gasteiger partial charge in [0.15, 0.2) is 5.84 Å². The molecule has 0 aliphatic carbocycles. The fourth-order valence-electron chi connectivity index (χ4n) is 1.81. The fourth-order valence-corrected chi connectivity index (χ4v) is 2.82. The summed E-state index contributed by atoms with van der Waals surface area (Å²) in [5, 5.41) is 17.7. The number of nitrogens with two attached hydrogens (primary N) is 1. The summed E-state index contributed by atoms with van der Waals surface area (Å²) in [5.41, 5.74) is 7.11. The zero-order valence-electron chi connectivity index (χ0n) is 11.0. The summed E-state index contributed by atoms with van der Waals surface area (Å²) < 4.78 is 0. The average Bonchev–Trinajstić information content (AvgIpc) is 2.99. The van der Waals surface area contributed by atoms with Crippen LogP contribution in [0.2, 0.25) is 5.02 Å². The minimum atomic E-state index is 0.0540. The smallest absolute Gasteiger partial charge is 0.170 e. The largest absolute Gasteiger partial charge is 0.409 e. The molecule has 4 N–H and O–H groups in total. The molecule has 0 unspecified atom stereocenters. The highest BCUT2D eigenvalue weighted by Gasteiger charge is 2.08. The third-order valence-corrected chi connectivity index (χ3v) is 4.43. The Morgan fingerprint density at radius 2 is 2.30 bits per heavy atom. The van der Waals surface area contributed by atoms with E-state index in [2.05, 4.69) is 28.8 Å². The zero-order valence-corrected chi connectivity index (χ0v) is 12.6. The first kappa shape index (κ1) is 14.8. The summed E-state index contributed by atoms with van der Waals surface area (Å²) in [6.45, 7) is 2.78. The number of nitrogens with zero attached hydrogens (tertiary/aromatic N) is 1. The van der Waals surface area contributed by atoms with Crippen molar-refractivity contribution < 1.29 is 5.21 Å². The number of benzene rings is 1. The van der Waals surface area contributed by atoms with E-state index in [4.69, 9.17) is 22.5 Å². The van der Waals surface area contributed by atoms with E-state index in [-0.39, 0.29) is 11.9 Å². The van der Waals surface area contributed by atoms with E-state index >= 15 is 0 Å². The molecule has 0 amide bonds. The first-order valence-electron chi connectivity index (χ1n) is 6.15. The molecule has 0 spiro atoms. The van der Waals surface area contributed by atoms with Gasteiger partial charge in [-0.05, 0) is 30.0 Å². The third kappa shape index (κ3) is 3.50. The molecule has 0 bridgehead atoms. The van der Waals surface area contributed by atoms with Crippen LogP contribution in [0.3, 0.4) is 0 Å².